The predicted molar refractivity (Wildman–Crippen MR) is 82.2 cm³/mol. The molecule has 114 valence electrons. The summed E-state index contributed by atoms with van der Waals surface area (Å²) in [6, 6.07) is -0.0632. The highest BCUT2D eigenvalue weighted by atomic mass is 16.1. The van der Waals surface area contributed by atoms with Crippen molar-refractivity contribution < 1.29 is 0 Å². The fourth-order valence-electron chi connectivity index (χ4n) is 2.64. The lowest BCUT2D eigenvalue weighted by atomic mass is 10.1. The van der Waals surface area contributed by atoms with Gasteiger partial charge >= 0.3 is 0 Å². The molecule has 0 aliphatic carbocycles. The highest BCUT2D eigenvalue weighted by molar-refractivity contribution is 5.21. The molecule has 0 aliphatic heterocycles. The van der Waals surface area contributed by atoms with Crippen LogP contribution in [0.5, 0.6) is 0 Å². The monoisotopic (exact) mass is 289 g/mol. The standard InChI is InChI=1S/C15H23N5O/c1-6-13-12(8-20(5)19-13)7-16-9(2)14-10(3)17-11(4)18-15(14)21/h8-9,16H,6-7H2,1-5H3,(H,17,18,21). The molecule has 0 saturated heterocycles. The van der Waals surface area contributed by atoms with Gasteiger partial charge in [0.25, 0.3) is 5.56 Å². The van der Waals surface area contributed by atoms with Crippen molar-refractivity contribution in [2.24, 2.45) is 7.05 Å². The quantitative estimate of drug-likeness (QED) is 0.875. The van der Waals surface area contributed by atoms with Crippen molar-refractivity contribution in [2.75, 3.05) is 0 Å². The smallest absolute Gasteiger partial charge is 0.255 e. The van der Waals surface area contributed by atoms with E-state index in [1.807, 2.05) is 31.8 Å². The molecule has 0 radical (unpaired) electrons. The van der Waals surface area contributed by atoms with Gasteiger partial charge in [-0.1, -0.05) is 6.92 Å². The Labute approximate surface area is 124 Å². The zero-order chi connectivity index (χ0) is 15.6. The van der Waals surface area contributed by atoms with Crippen LogP contribution in [0.2, 0.25) is 0 Å². The summed E-state index contributed by atoms with van der Waals surface area (Å²) in [6.45, 7) is 8.42. The van der Waals surface area contributed by atoms with Gasteiger partial charge < -0.3 is 10.3 Å². The minimum absolute atomic E-state index is 0.0632. The first-order valence-corrected chi connectivity index (χ1v) is 7.24. The number of aromatic amines is 1. The van der Waals surface area contributed by atoms with Crippen LogP contribution in [0, 0.1) is 13.8 Å². The summed E-state index contributed by atoms with van der Waals surface area (Å²) in [5.74, 6) is 0.647. The number of H-pyrrole nitrogens is 1. The Hall–Kier alpha value is -1.95. The predicted octanol–water partition coefficient (Wildman–Crippen LogP) is 1.53. The van der Waals surface area contributed by atoms with Crippen molar-refractivity contribution >= 4 is 0 Å². The summed E-state index contributed by atoms with van der Waals surface area (Å²) < 4.78 is 1.83. The van der Waals surface area contributed by atoms with Crippen molar-refractivity contribution in [2.45, 2.75) is 46.7 Å². The maximum absolute atomic E-state index is 12.1. The van der Waals surface area contributed by atoms with Gasteiger partial charge in [-0.3, -0.25) is 9.48 Å². The summed E-state index contributed by atoms with van der Waals surface area (Å²) in [5, 5.41) is 7.81. The van der Waals surface area contributed by atoms with E-state index in [2.05, 4.69) is 27.3 Å². The third-order valence-corrected chi connectivity index (χ3v) is 3.62. The molecule has 6 heteroatoms. The number of nitrogens with zero attached hydrogens (tertiary/aromatic N) is 3. The zero-order valence-electron chi connectivity index (χ0n) is 13.3. The Morgan fingerprint density at radius 3 is 2.76 bits per heavy atom. The van der Waals surface area contributed by atoms with Crippen LogP contribution < -0.4 is 10.9 Å². The van der Waals surface area contributed by atoms with Gasteiger partial charge in [-0.15, -0.1) is 0 Å². The van der Waals surface area contributed by atoms with Crippen LogP contribution in [0.15, 0.2) is 11.0 Å². The molecule has 2 aromatic heterocycles. The van der Waals surface area contributed by atoms with Crippen LogP contribution in [0.3, 0.4) is 0 Å². The van der Waals surface area contributed by atoms with E-state index in [1.54, 1.807) is 6.92 Å². The molecule has 0 aromatic carbocycles. The van der Waals surface area contributed by atoms with Gasteiger partial charge in [0, 0.05) is 37.1 Å². The number of aryl methyl sites for hydroxylation is 4. The van der Waals surface area contributed by atoms with E-state index in [9.17, 15) is 4.79 Å². The molecule has 6 nitrogen and oxygen atoms in total. The molecule has 2 heterocycles. The Kier molecular flexibility index (Phi) is 4.57. The second-order valence-corrected chi connectivity index (χ2v) is 5.38. The molecule has 0 aliphatic rings. The van der Waals surface area contributed by atoms with Gasteiger partial charge in [0.1, 0.15) is 5.82 Å². The van der Waals surface area contributed by atoms with Gasteiger partial charge in [-0.25, -0.2) is 4.98 Å². The Balaban J connectivity index is 2.15. The first-order valence-electron chi connectivity index (χ1n) is 7.24. The van der Waals surface area contributed by atoms with Crippen molar-refractivity contribution in [3.05, 3.63) is 44.9 Å². The molecule has 2 aromatic rings. The molecule has 2 N–H and O–H groups in total. The van der Waals surface area contributed by atoms with Gasteiger partial charge in [-0.2, -0.15) is 5.10 Å². The molecule has 2 rings (SSSR count). The Morgan fingerprint density at radius 1 is 1.43 bits per heavy atom. The SMILES string of the molecule is CCc1nn(C)cc1CNC(C)c1c(C)nc(C)[nH]c1=O. The average Bonchev–Trinajstić information content (AvgIpc) is 2.75. The normalized spacial score (nSPS) is 12.6. The van der Waals surface area contributed by atoms with Crippen molar-refractivity contribution in [3.8, 4) is 0 Å². The van der Waals surface area contributed by atoms with Crippen molar-refractivity contribution in [3.63, 3.8) is 0 Å². The first-order chi connectivity index (χ1) is 9.92. The minimum Gasteiger partial charge on any atom is -0.310 e. The van der Waals surface area contributed by atoms with Crippen molar-refractivity contribution in [1.82, 2.24) is 25.1 Å². The van der Waals surface area contributed by atoms with Crippen molar-refractivity contribution in [1.29, 1.82) is 0 Å². The molecular weight excluding hydrogens is 266 g/mol. The molecule has 0 bridgehead atoms. The fourth-order valence-corrected chi connectivity index (χ4v) is 2.64. The molecule has 1 atom stereocenters. The van der Waals surface area contributed by atoms with Gasteiger partial charge in [0.15, 0.2) is 0 Å². The van der Waals surface area contributed by atoms with Crippen LogP contribution in [0.25, 0.3) is 0 Å². The first kappa shape index (κ1) is 15.4. The lowest BCUT2D eigenvalue weighted by molar-refractivity contribution is 0.560. The van der Waals surface area contributed by atoms with Crippen LogP contribution in [-0.2, 0) is 20.0 Å². The van der Waals surface area contributed by atoms with E-state index >= 15 is 0 Å². The summed E-state index contributed by atoms with van der Waals surface area (Å²) in [4.78, 5) is 19.2. The number of nitrogens with one attached hydrogen (secondary N) is 2. The van der Waals surface area contributed by atoms with Gasteiger partial charge in [0.2, 0.25) is 0 Å². The Bertz CT molecular complexity index is 686. The molecule has 0 spiro atoms. The molecule has 0 saturated carbocycles. The second-order valence-electron chi connectivity index (χ2n) is 5.38. The third kappa shape index (κ3) is 3.39. The number of aromatic nitrogens is 4. The summed E-state index contributed by atoms with van der Waals surface area (Å²) in [6.07, 6.45) is 2.92. The third-order valence-electron chi connectivity index (χ3n) is 3.62. The lowest BCUT2D eigenvalue weighted by Gasteiger charge is -2.15. The summed E-state index contributed by atoms with van der Waals surface area (Å²) >= 11 is 0. The van der Waals surface area contributed by atoms with Crippen LogP contribution in [0.4, 0.5) is 0 Å². The molecule has 1 unspecified atom stereocenters. The van der Waals surface area contributed by atoms with Gasteiger partial charge in [0.05, 0.1) is 11.3 Å². The van der Waals surface area contributed by atoms with E-state index in [4.69, 9.17) is 0 Å². The molecule has 0 fully saturated rings. The maximum atomic E-state index is 12.1. The Morgan fingerprint density at radius 2 is 2.14 bits per heavy atom. The number of hydrogen-bond acceptors (Lipinski definition) is 4. The largest absolute Gasteiger partial charge is 0.310 e. The van der Waals surface area contributed by atoms with Crippen LogP contribution >= 0.6 is 0 Å². The zero-order valence-corrected chi connectivity index (χ0v) is 13.3. The molecule has 0 amide bonds. The molecular formula is C15H23N5O. The number of hydrogen-bond donors (Lipinski definition) is 2. The van der Waals surface area contributed by atoms with E-state index in [1.165, 1.54) is 5.56 Å². The second kappa shape index (κ2) is 6.22. The highest BCUT2D eigenvalue weighted by Crippen LogP contribution is 2.13. The lowest BCUT2D eigenvalue weighted by Crippen LogP contribution is -2.27. The average molecular weight is 289 g/mol. The molecule has 21 heavy (non-hydrogen) atoms. The van der Waals surface area contributed by atoms with Crippen LogP contribution in [0.1, 0.15) is 48.2 Å². The van der Waals surface area contributed by atoms with E-state index in [0.29, 0.717) is 17.9 Å². The van der Waals surface area contributed by atoms with Crippen LogP contribution in [-0.4, -0.2) is 19.7 Å². The highest BCUT2D eigenvalue weighted by Gasteiger charge is 2.15. The topological polar surface area (TPSA) is 75.6 Å². The minimum atomic E-state index is -0.0677. The van der Waals surface area contributed by atoms with E-state index in [0.717, 1.165) is 17.8 Å². The van der Waals surface area contributed by atoms with E-state index in [-0.39, 0.29) is 11.6 Å². The number of rotatable bonds is 5. The fraction of sp³-hybridized carbons (Fsp3) is 0.533. The summed E-state index contributed by atoms with van der Waals surface area (Å²) in [5.41, 5.74) is 3.66. The van der Waals surface area contributed by atoms with Gasteiger partial charge in [-0.05, 0) is 27.2 Å². The summed E-state index contributed by atoms with van der Waals surface area (Å²) in [7, 11) is 1.92. The van der Waals surface area contributed by atoms with E-state index < -0.39 is 0 Å². The maximum Gasteiger partial charge on any atom is 0.255 e.